The molecule has 2 heteroatoms. The van der Waals surface area contributed by atoms with Crippen LogP contribution in [-0.4, -0.2) is 4.98 Å². The molecule has 1 aromatic heterocycles. The highest BCUT2D eigenvalue weighted by atomic mass is 35.5. The van der Waals surface area contributed by atoms with Crippen molar-refractivity contribution in [1.82, 2.24) is 4.98 Å². The highest BCUT2D eigenvalue weighted by Crippen LogP contribution is 2.31. The summed E-state index contributed by atoms with van der Waals surface area (Å²) in [7, 11) is 0. The second-order valence-electron chi connectivity index (χ2n) is 4.85. The molecular formula is C17H14ClN. The molecule has 0 radical (unpaired) electrons. The lowest BCUT2D eigenvalue weighted by molar-refractivity contribution is 1.33. The van der Waals surface area contributed by atoms with Crippen molar-refractivity contribution in [3.63, 3.8) is 0 Å². The smallest absolute Gasteiger partial charge is 0.0780 e. The van der Waals surface area contributed by atoms with E-state index in [1.165, 1.54) is 22.1 Å². The highest BCUT2D eigenvalue weighted by Gasteiger charge is 2.07. The predicted octanol–water partition coefficient (Wildman–Crippen LogP) is 5.17. The summed E-state index contributed by atoms with van der Waals surface area (Å²) < 4.78 is 0. The number of aryl methyl sites for hydroxylation is 2. The molecular weight excluding hydrogens is 254 g/mol. The van der Waals surface area contributed by atoms with Crippen LogP contribution in [0.1, 0.15) is 11.1 Å². The van der Waals surface area contributed by atoms with Crippen molar-refractivity contribution in [3.05, 3.63) is 64.8 Å². The Morgan fingerprint density at radius 3 is 2.58 bits per heavy atom. The summed E-state index contributed by atoms with van der Waals surface area (Å²) in [6.45, 7) is 4.14. The van der Waals surface area contributed by atoms with E-state index >= 15 is 0 Å². The van der Waals surface area contributed by atoms with Gasteiger partial charge in [-0.15, -0.1) is 0 Å². The van der Waals surface area contributed by atoms with Crippen molar-refractivity contribution in [2.24, 2.45) is 0 Å². The number of hydrogen-bond acceptors (Lipinski definition) is 1. The van der Waals surface area contributed by atoms with Gasteiger partial charge in [-0.2, -0.15) is 0 Å². The van der Waals surface area contributed by atoms with Crippen molar-refractivity contribution in [3.8, 4) is 11.1 Å². The number of pyridine rings is 1. The molecule has 0 atom stereocenters. The van der Waals surface area contributed by atoms with Crippen LogP contribution in [0.15, 0.2) is 48.7 Å². The average Bonchev–Trinajstić information content (AvgIpc) is 2.38. The van der Waals surface area contributed by atoms with Crippen LogP contribution in [0.5, 0.6) is 0 Å². The van der Waals surface area contributed by atoms with Gasteiger partial charge in [0, 0.05) is 22.2 Å². The molecule has 2 aromatic carbocycles. The monoisotopic (exact) mass is 267 g/mol. The second kappa shape index (κ2) is 4.67. The average molecular weight is 268 g/mol. The Balaban J connectivity index is 2.30. The van der Waals surface area contributed by atoms with Gasteiger partial charge in [0.2, 0.25) is 0 Å². The Hall–Kier alpha value is -1.86. The molecule has 3 rings (SSSR count). The van der Waals surface area contributed by atoms with Gasteiger partial charge in [-0.1, -0.05) is 35.9 Å². The zero-order valence-corrected chi connectivity index (χ0v) is 11.7. The van der Waals surface area contributed by atoms with Crippen molar-refractivity contribution in [2.75, 3.05) is 0 Å². The van der Waals surface area contributed by atoms with Gasteiger partial charge in [0.1, 0.15) is 0 Å². The molecule has 0 aliphatic rings. The van der Waals surface area contributed by atoms with Crippen LogP contribution in [0.25, 0.3) is 22.0 Å². The van der Waals surface area contributed by atoms with E-state index in [4.69, 9.17) is 11.6 Å². The van der Waals surface area contributed by atoms with Crippen LogP contribution in [0.3, 0.4) is 0 Å². The molecule has 0 bridgehead atoms. The fourth-order valence-electron chi connectivity index (χ4n) is 2.42. The number of para-hydroxylation sites is 1. The zero-order valence-electron chi connectivity index (χ0n) is 10.9. The van der Waals surface area contributed by atoms with Crippen LogP contribution in [0, 0.1) is 13.8 Å². The lowest BCUT2D eigenvalue weighted by Crippen LogP contribution is -1.88. The van der Waals surface area contributed by atoms with E-state index < -0.39 is 0 Å². The molecule has 0 spiro atoms. The Morgan fingerprint density at radius 1 is 0.947 bits per heavy atom. The van der Waals surface area contributed by atoms with Crippen molar-refractivity contribution in [2.45, 2.75) is 13.8 Å². The van der Waals surface area contributed by atoms with Gasteiger partial charge in [0.05, 0.1) is 5.52 Å². The van der Waals surface area contributed by atoms with E-state index in [-0.39, 0.29) is 0 Å². The minimum absolute atomic E-state index is 0.769. The van der Waals surface area contributed by atoms with Crippen molar-refractivity contribution in [1.29, 1.82) is 0 Å². The standard InChI is InChI=1S/C17H14ClN/c1-11-8-13-4-3-5-16(17(13)19-10-11)15-7-6-14(18)9-12(15)2/h3-10H,1-2H3. The zero-order chi connectivity index (χ0) is 13.4. The summed E-state index contributed by atoms with van der Waals surface area (Å²) in [5, 5.41) is 1.94. The summed E-state index contributed by atoms with van der Waals surface area (Å²) in [5.41, 5.74) is 5.73. The van der Waals surface area contributed by atoms with Gasteiger partial charge in [0.25, 0.3) is 0 Å². The van der Waals surface area contributed by atoms with Crippen LogP contribution in [0.4, 0.5) is 0 Å². The SMILES string of the molecule is Cc1cnc2c(-c3ccc(Cl)cc3C)cccc2c1. The van der Waals surface area contributed by atoms with Crippen LogP contribution >= 0.6 is 11.6 Å². The van der Waals surface area contributed by atoms with Gasteiger partial charge < -0.3 is 0 Å². The fourth-order valence-corrected chi connectivity index (χ4v) is 2.64. The van der Waals surface area contributed by atoms with Gasteiger partial charge in [-0.3, -0.25) is 4.98 Å². The first-order valence-electron chi connectivity index (χ1n) is 6.27. The van der Waals surface area contributed by atoms with E-state index in [2.05, 4.69) is 49.2 Å². The Labute approximate surface area is 117 Å². The summed E-state index contributed by atoms with van der Waals surface area (Å²) in [4.78, 5) is 4.59. The van der Waals surface area contributed by atoms with Crippen molar-refractivity contribution >= 4 is 22.5 Å². The van der Waals surface area contributed by atoms with Crippen molar-refractivity contribution < 1.29 is 0 Å². The number of halogens is 1. The van der Waals surface area contributed by atoms with Gasteiger partial charge >= 0.3 is 0 Å². The van der Waals surface area contributed by atoms with Crippen LogP contribution in [0.2, 0.25) is 5.02 Å². The first-order chi connectivity index (χ1) is 9.15. The quantitative estimate of drug-likeness (QED) is 0.593. The van der Waals surface area contributed by atoms with E-state index in [1.54, 1.807) is 0 Å². The van der Waals surface area contributed by atoms with E-state index in [9.17, 15) is 0 Å². The molecule has 0 amide bonds. The van der Waals surface area contributed by atoms with Gasteiger partial charge in [-0.05, 0) is 48.7 Å². The molecule has 1 nitrogen and oxygen atoms in total. The summed E-state index contributed by atoms with van der Waals surface area (Å²) in [6.07, 6.45) is 1.91. The first kappa shape index (κ1) is 12.2. The van der Waals surface area contributed by atoms with Crippen LogP contribution in [-0.2, 0) is 0 Å². The summed E-state index contributed by atoms with van der Waals surface area (Å²) in [5.74, 6) is 0. The second-order valence-corrected chi connectivity index (χ2v) is 5.29. The third kappa shape index (κ3) is 2.22. The maximum Gasteiger partial charge on any atom is 0.0780 e. The van der Waals surface area contributed by atoms with E-state index in [1.807, 2.05) is 18.3 Å². The first-order valence-corrected chi connectivity index (χ1v) is 6.65. The predicted molar refractivity (Wildman–Crippen MR) is 81.7 cm³/mol. The molecule has 0 saturated heterocycles. The molecule has 3 aromatic rings. The third-order valence-electron chi connectivity index (χ3n) is 3.33. The normalized spacial score (nSPS) is 10.9. The number of nitrogens with zero attached hydrogens (tertiary/aromatic N) is 1. The van der Waals surface area contributed by atoms with E-state index in [0.717, 1.165) is 16.1 Å². The summed E-state index contributed by atoms with van der Waals surface area (Å²) >= 11 is 6.03. The van der Waals surface area contributed by atoms with Crippen LogP contribution < -0.4 is 0 Å². The molecule has 1 heterocycles. The third-order valence-corrected chi connectivity index (χ3v) is 3.56. The molecule has 0 fully saturated rings. The fraction of sp³-hybridized carbons (Fsp3) is 0.118. The number of hydrogen-bond donors (Lipinski definition) is 0. The van der Waals surface area contributed by atoms with Gasteiger partial charge in [-0.25, -0.2) is 0 Å². The molecule has 0 unspecified atom stereocenters. The Kier molecular flexibility index (Phi) is 3.00. The lowest BCUT2D eigenvalue weighted by atomic mass is 9.98. The van der Waals surface area contributed by atoms with E-state index in [0.29, 0.717) is 0 Å². The number of benzene rings is 2. The number of rotatable bonds is 1. The maximum atomic E-state index is 6.03. The molecule has 19 heavy (non-hydrogen) atoms. The molecule has 0 saturated carbocycles. The maximum absolute atomic E-state index is 6.03. The largest absolute Gasteiger partial charge is 0.255 e. The highest BCUT2D eigenvalue weighted by molar-refractivity contribution is 6.30. The molecule has 0 N–H and O–H groups in total. The topological polar surface area (TPSA) is 12.9 Å². The molecule has 0 aliphatic heterocycles. The number of aromatic nitrogens is 1. The minimum Gasteiger partial charge on any atom is -0.255 e. The lowest BCUT2D eigenvalue weighted by Gasteiger charge is -2.09. The number of fused-ring (bicyclic) bond motifs is 1. The Morgan fingerprint density at radius 2 is 1.79 bits per heavy atom. The summed E-state index contributed by atoms with van der Waals surface area (Å²) in [6, 6.07) is 14.4. The minimum atomic E-state index is 0.769. The molecule has 0 aliphatic carbocycles. The molecule has 94 valence electrons. The van der Waals surface area contributed by atoms with Gasteiger partial charge in [0.15, 0.2) is 0 Å². The Bertz CT molecular complexity index is 762.